The van der Waals surface area contributed by atoms with Crippen LogP contribution in [0, 0.1) is 13.8 Å². The minimum Gasteiger partial charge on any atom is -0.496 e. The van der Waals surface area contributed by atoms with Crippen molar-refractivity contribution in [3.8, 4) is 5.75 Å². The average Bonchev–Trinajstić information content (AvgIpc) is 2.18. The molecule has 0 heterocycles. The number of halogens is 1. The maximum Gasteiger partial charge on any atom is 0.122 e. The quantitative estimate of drug-likeness (QED) is 0.718. The van der Waals surface area contributed by atoms with Gasteiger partial charge in [-0.05, 0) is 49.4 Å². The first-order valence-corrected chi connectivity index (χ1v) is 4.89. The number of ether oxygens (including phenoxy) is 1. The van der Waals surface area contributed by atoms with E-state index in [-0.39, 0.29) is 6.67 Å². The van der Waals surface area contributed by atoms with E-state index in [0.717, 1.165) is 17.7 Å². The van der Waals surface area contributed by atoms with Crippen LogP contribution < -0.4 is 4.74 Å². The third kappa shape index (κ3) is 2.47. The van der Waals surface area contributed by atoms with E-state index in [2.05, 4.69) is 6.07 Å². The van der Waals surface area contributed by atoms with Gasteiger partial charge in [-0.15, -0.1) is 0 Å². The van der Waals surface area contributed by atoms with Crippen molar-refractivity contribution in [3.63, 3.8) is 0 Å². The molecule has 0 spiro atoms. The van der Waals surface area contributed by atoms with Crippen molar-refractivity contribution in [1.82, 2.24) is 0 Å². The van der Waals surface area contributed by atoms with Gasteiger partial charge in [0.25, 0.3) is 0 Å². The fourth-order valence-electron chi connectivity index (χ4n) is 1.60. The second-order valence-corrected chi connectivity index (χ2v) is 3.54. The number of methoxy groups -OCH3 is 1. The number of aryl methyl sites for hydroxylation is 3. The number of benzene rings is 1. The Bertz CT molecular complexity index is 307. The highest BCUT2D eigenvalue weighted by atomic mass is 19.1. The Hall–Kier alpha value is -1.05. The molecule has 2 heteroatoms. The van der Waals surface area contributed by atoms with Gasteiger partial charge in [0.15, 0.2) is 0 Å². The van der Waals surface area contributed by atoms with E-state index in [1.807, 2.05) is 19.9 Å². The maximum atomic E-state index is 12.0. The molecule has 1 aromatic carbocycles. The summed E-state index contributed by atoms with van der Waals surface area (Å²) in [5.74, 6) is 0.909. The van der Waals surface area contributed by atoms with Crippen LogP contribution >= 0.6 is 0 Å². The lowest BCUT2D eigenvalue weighted by molar-refractivity contribution is 0.411. The molecule has 0 saturated carbocycles. The standard InChI is InChI=1S/C12H17FO/c1-9-8-12(14-3)10(2)7-11(9)5-4-6-13/h7-8H,4-6H2,1-3H3. The Morgan fingerprint density at radius 1 is 1.21 bits per heavy atom. The molecule has 0 aliphatic heterocycles. The third-order valence-corrected chi connectivity index (χ3v) is 2.43. The fourth-order valence-corrected chi connectivity index (χ4v) is 1.60. The first-order chi connectivity index (χ1) is 6.69. The van der Waals surface area contributed by atoms with Crippen LogP contribution in [0.25, 0.3) is 0 Å². The summed E-state index contributed by atoms with van der Waals surface area (Å²) in [5, 5.41) is 0. The van der Waals surface area contributed by atoms with Crippen LogP contribution in [-0.2, 0) is 6.42 Å². The monoisotopic (exact) mass is 196 g/mol. The Morgan fingerprint density at radius 3 is 2.50 bits per heavy atom. The number of rotatable bonds is 4. The normalized spacial score (nSPS) is 10.3. The van der Waals surface area contributed by atoms with E-state index < -0.39 is 0 Å². The fraction of sp³-hybridized carbons (Fsp3) is 0.500. The molecule has 1 rings (SSSR count). The molecule has 1 nitrogen and oxygen atoms in total. The zero-order valence-corrected chi connectivity index (χ0v) is 9.06. The lowest BCUT2D eigenvalue weighted by Gasteiger charge is -2.10. The van der Waals surface area contributed by atoms with Crippen LogP contribution in [0.5, 0.6) is 5.75 Å². The van der Waals surface area contributed by atoms with E-state index in [1.54, 1.807) is 7.11 Å². The minimum atomic E-state index is -0.246. The first-order valence-electron chi connectivity index (χ1n) is 4.89. The summed E-state index contributed by atoms with van der Waals surface area (Å²) in [7, 11) is 1.67. The summed E-state index contributed by atoms with van der Waals surface area (Å²) in [4.78, 5) is 0. The van der Waals surface area contributed by atoms with E-state index in [1.165, 1.54) is 11.1 Å². The van der Waals surface area contributed by atoms with Crippen molar-refractivity contribution < 1.29 is 9.13 Å². The van der Waals surface area contributed by atoms with E-state index in [0.29, 0.717) is 6.42 Å². The molecule has 0 amide bonds. The molecule has 0 bridgehead atoms. The molecular formula is C12H17FO. The molecule has 0 atom stereocenters. The van der Waals surface area contributed by atoms with Crippen LogP contribution in [0.3, 0.4) is 0 Å². The second kappa shape index (κ2) is 4.99. The highest BCUT2D eigenvalue weighted by Gasteiger charge is 2.04. The van der Waals surface area contributed by atoms with Gasteiger partial charge < -0.3 is 4.74 Å². The molecule has 0 unspecified atom stereocenters. The predicted octanol–water partition coefficient (Wildman–Crippen LogP) is 3.21. The summed E-state index contributed by atoms with van der Waals surface area (Å²) in [5.41, 5.74) is 3.52. The first kappa shape index (κ1) is 11.0. The topological polar surface area (TPSA) is 9.23 Å². The van der Waals surface area contributed by atoms with Crippen LogP contribution in [0.15, 0.2) is 12.1 Å². The molecule has 0 radical (unpaired) electrons. The van der Waals surface area contributed by atoms with Crippen LogP contribution in [0.1, 0.15) is 23.1 Å². The predicted molar refractivity (Wildman–Crippen MR) is 56.8 cm³/mol. The maximum absolute atomic E-state index is 12.0. The molecule has 0 fully saturated rings. The Balaban J connectivity index is 2.90. The summed E-state index contributed by atoms with van der Waals surface area (Å²) >= 11 is 0. The zero-order chi connectivity index (χ0) is 10.6. The van der Waals surface area contributed by atoms with Gasteiger partial charge in [0.05, 0.1) is 13.8 Å². The molecule has 1 aromatic rings. The highest BCUT2D eigenvalue weighted by Crippen LogP contribution is 2.23. The van der Waals surface area contributed by atoms with Crippen molar-refractivity contribution >= 4 is 0 Å². The smallest absolute Gasteiger partial charge is 0.122 e. The van der Waals surface area contributed by atoms with Crippen molar-refractivity contribution in [2.45, 2.75) is 26.7 Å². The van der Waals surface area contributed by atoms with Gasteiger partial charge in [-0.3, -0.25) is 4.39 Å². The Labute approximate surface area is 84.9 Å². The summed E-state index contributed by atoms with van der Waals surface area (Å²) in [6.45, 7) is 3.80. The molecule has 14 heavy (non-hydrogen) atoms. The SMILES string of the molecule is COc1cc(C)c(CCCF)cc1C. The van der Waals surface area contributed by atoms with Crippen LogP contribution in [0.2, 0.25) is 0 Å². The molecule has 0 N–H and O–H groups in total. The van der Waals surface area contributed by atoms with Gasteiger partial charge in [-0.2, -0.15) is 0 Å². The molecule has 0 saturated heterocycles. The lowest BCUT2D eigenvalue weighted by Crippen LogP contribution is -1.95. The van der Waals surface area contributed by atoms with Crippen molar-refractivity contribution in [3.05, 3.63) is 28.8 Å². The van der Waals surface area contributed by atoms with Crippen molar-refractivity contribution in [2.75, 3.05) is 13.8 Å². The van der Waals surface area contributed by atoms with Gasteiger partial charge in [0.2, 0.25) is 0 Å². The lowest BCUT2D eigenvalue weighted by atomic mass is 10.0. The molecule has 0 aromatic heterocycles. The van der Waals surface area contributed by atoms with Gasteiger partial charge in [-0.1, -0.05) is 6.07 Å². The van der Waals surface area contributed by atoms with Crippen LogP contribution in [-0.4, -0.2) is 13.8 Å². The number of hydrogen-bond acceptors (Lipinski definition) is 1. The third-order valence-electron chi connectivity index (χ3n) is 2.43. The van der Waals surface area contributed by atoms with E-state index >= 15 is 0 Å². The van der Waals surface area contributed by atoms with Crippen molar-refractivity contribution in [2.24, 2.45) is 0 Å². The Morgan fingerprint density at radius 2 is 1.93 bits per heavy atom. The molecule has 0 aliphatic rings. The zero-order valence-electron chi connectivity index (χ0n) is 9.06. The van der Waals surface area contributed by atoms with Gasteiger partial charge >= 0.3 is 0 Å². The second-order valence-electron chi connectivity index (χ2n) is 3.54. The summed E-state index contributed by atoms with van der Waals surface area (Å²) in [6.07, 6.45) is 1.42. The van der Waals surface area contributed by atoms with Gasteiger partial charge in [0.1, 0.15) is 5.75 Å². The molecular weight excluding hydrogens is 179 g/mol. The largest absolute Gasteiger partial charge is 0.496 e. The Kier molecular flexibility index (Phi) is 3.93. The average molecular weight is 196 g/mol. The van der Waals surface area contributed by atoms with Gasteiger partial charge in [0, 0.05) is 0 Å². The van der Waals surface area contributed by atoms with E-state index in [9.17, 15) is 4.39 Å². The number of alkyl halides is 1. The van der Waals surface area contributed by atoms with Crippen LogP contribution in [0.4, 0.5) is 4.39 Å². The minimum absolute atomic E-state index is 0.246. The van der Waals surface area contributed by atoms with E-state index in [4.69, 9.17) is 4.74 Å². The summed E-state index contributed by atoms with van der Waals surface area (Å²) in [6, 6.07) is 4.10. The molecule has 78 valence electrons. The number of hydrogen-bond donors (Lipinski definition) is 0. The van der Waals surface area contributed by atoms with Gasteiger partial charge in [-0.25, -0.2) is 0 Å². The van der Waals surface area contributed by atoms with Crippen molar-refractivity contribution in [1.29, 1.82) is 0 Å². The molecule has 0 aliphatic carbocycles. The summed E-state index contributed by atoms with van der Waals surface area (Å²) < 4.78 is 17.2. The highest BCUT2D eigenvalue weighted by molar-refractivity contribution is 5.41.